The first-order valence-corrected chi connectivity index (χ1v) is 7.63. The van der Waals surface area contributed by atoms with Crippen LogP contribution in [-0.2, 0) is 10.0 Å². The van der Waals surface area contributed by atoms with Gasteiger partial charge in [-0.25, -0.2) is 8.42 Å². The molecule has 3 nitrogen and oxygen atoms in total. The molecule has 0 aliphatic carbocycles. The van der Waals surface area contributed by atoms with Crippen LogP contribution >= 0.6 is 0 Å². The molecule has 0 saturated heterocycles. The first-order valence-electron chi connectivity index (χ1n) is 6.13. The van der Waals surface area contributed by atoms with E-state index in [2.05, 4.69) is 0 Å². The number of sulfonamides is 1. The Morgan fingerprint density at radius 3 is 2.22 bits per heavy atom. The van der Waals surface area contributed by atoms with Crippen LogP contribution in [0.1, 0.15) is 31.9 Å². The van der Waals surface area contributed by atoms with Gasteiger partial charge in [0.25, 0.3) is 0 Å². The lowest BCUT2D eigenvalue weighted by Gasteiger charge is -2.22. The van der Waals surface area contributed by atoms with Gasteiger partial charge in [0.1, 0.15) is 0 Å². The predicted octanol–water partition coefficient (Wildman–Crippen LogP) is 3.03. The Hall–Kier alpha value is -1.13. The number of rotatable bonds is 5. The lowest BCUT2D eigenvalue weighted by molar-refractivity contribution is 0.374. The molecule has 18 heavy (non-hydrogen) atoms. The van der Waals surface area contributed by atoms with Crippen molar-refractivity contribution in [3.05, 3.63) is 40.8 Å². The van der Waals surface area contributed by atoms with Crippen molar-refractivity contribution in [2.45, 2.75) is 33.7 Å². The fraction of sp³-hybridized carbons (Fsp3) is 0.429. The van der Waals surface area contributed by atoms with Gasteiger partial charge in [-0.3, -0.25) is 0 Å². The molecule has 0 fully saturated rings. The van der Waals surface area contributed by atoms with Gasteiger partial charge in [-0.15, -0.1) is 0 Å². The Kier molecular flexibility index (Phi) is 5.11. The number of hydrogen-bond donors (Lipinski definition) is 0. The molecule has 0 heterocycles. The van der Waals surface area contributed by atoms with E-state index in [-0.39, 0.29) is 6.04 Å². The number of hydrogen-bond acceptors (Lipinski definition) is 2. The maximum Gasteiger partial charge on any atom is 0.236 e. The van der Waals surface area contributed by atoms with Crippen molar-refractivity contribution in [2.75, 3.05) is 6.54 Å². The highest BCUT2D eigenvalue weighted by atomic mass is 32.2. The van der Waals surface area contributed by atoms with E-state index in [1.165, 1.54) is 9.71 Å². The molecule has 0 aromatic heterocycles. The van der Waals surface area contributed by atoms with Crippen molar-refractivity contribution in [3.8, 4) is 0 Å². The minimum absolute atomic E-state index is 0.0253. The van der Waals surface area contributed by atoms with Crippen LogP contribution in [0.4, 0.5) is 0 Å². The molecule has 0 N–H and O–H groups in total. The number of nitrogens with zero attached hydrogens (tertiary/aromatic N) is 1. The number of benzene rings is 1. The lowest BCUT2D eigenvalue weighted by Crippen LogP contribution is -2.35. The average Bonchev–Trinajstić information content (AvgIpc) is 2.28. The zero-order valence-corrected chi connectivity index (χ0v) is 12.2. The second-order valence-corrected chi connectivity index (χ2v) is 6.33. The molecule has 0 spiro atoms. The minimum Gasteiger partial charge on any atom is -0.207 e. The fourth-order valence-electron chi connectivity index (χ4n) is 1.76. The summed E-state index contributed by atoms with van der Waals surface area (Å²) >= 11 is 0. The largest absolute Gasteiger partial charge is 0.236 e. The highest BCUT2D eigenvalue weighted by Gasteiger charge is 2.19. The monoisotopic (exact) mass is 267 g/mol. The van der Waals surface area contributed by atoms with Gasteiger partial charge in [0, 0.05) is 18.0 Å². The Labute approximate surface area is 110 Å². The summed E-state index contributed by atoms with van der Waals surface area (Å²) in [7, 11) is -3.33. The SMILES string of the molecule is CCN(C(C)C)S(=O)(=O)/C=C/c1ccc(C)cc1. The third kappa shape index (κ3) is 3.96. The Morgan fingerprint density at radius 2 is 1.78 bits per heavy atom. The molecule has 0 amide bonds. The first-order chi connectivity index (χ1) is 8.36. The fourth-order valence-corrected chi connectivity index (χ4v) is 3.19. The highest BCUT2D eigenvalue weighted by molar-refractivity contribution is 7.92. The molecule has 1 rings (SSSR count). The third-order valence-electron chi connectivity index (χ3n) is 2.72. The average molecular weight is 267 g/mol. The minimum atomic E-state index is -3.33. The topological polar surface area (TPSA) is 37.4 Å². The maximum atomic E-state index is 12.1. The molecule has 1 aromatic rings. The van der Waals surface area contributed by atoms with Crippen molar-refractivity contribution < 1.29 is 8.42 Å². The quantitative estimate of drug-likeness (QED) is 0.822. The third-order valence-corrected chi connectivity index (χ3v) is 4.54. The van der Waals surface area contributed by atoms with Gasteiger partial charge >= 0.3 is 0 Å². The molecule has 100 valence electrons. The van der Waals surface area contributed by atoms with Crippen molar-refractivity contribution >= 4 is 16.1 Å². The smallest absolute Gasteiger partial charge is 0.207 e. The lowest BCUT2D eigenvalue weighted by atomic mass is 10.2. The standard InChI is InChI=1S/C14H21NO2S/c1-5-15(12(2)3)18(16,17)11-10-14-8-6-13(4)7-9-14/h6-12H,5H2,1-4H3/b11-10+. The molecule has 0 unspecified atom stereocenters. The summed E-state index contributed by atoms with van der Waals surface area (Å²) in [5.41, 5.74) is 2.05. The Bertz CT molecular complexity index is 501. The molecule has 0 aliphatic rings. The van der Waals surface area contributed by atoms with Crippen LogP contribution < -0.4 is 0 Å². The second kappa shape index (κ2) is 6.16. The zero-order chi connectivity index (χ0) is 13.8. The van der Waals surface area contributed by atoms with E-state index in [0.29, 0.717) is 6.54 Å². The van der Waals surface area contributed by atoms with Crippen molar-refractivity contribution in [1.29, 1.82) is 0 Å². The van der Waals surface area contributed by atoms with Crippen LogP contribution in [0.5, 0.6) is 0 Å². The summed E-state index contributed by atoms with van der Waals surface area (Å²) in [5.74, 6) is 0. The Balaban J connectivity index is 2.91. The van der Waals surface area contributed by atoms with Gasteiger partial charge in [0.2, 0.25) is 10.0 Å². The van der Waals surface area contributed by atoms with E-state index in [1.807, 2.05) is 52.0 Å². The molecule has 0 saturated carbocycles. The number of aryl methyl sites for hydroxylation is 1. The van der Waals surface area contributed by atoms with Crippen LogP contribution in [0.25, 0.3) is 6.08 Å². The van der Waals surface area contributed by atoms with Gasteiger partial charge in [0.05, 0.1) is 0 Å². The van der Waals surface area contributed by atoms with E-state index in [0.717, 1.165) is 11.1 Å². The van der Waals surface area contributed by atoms with Crippen LogP contribution in [0.2, 0.25) is 0 Å². The first kappa shape index (κ1) is 14.9. The van der Waals surface area contributed by atoms with Crippen LogP contribution in [0, 0.1) is 6.92 Å². The van der Waals surface area contributed by atoms with Crippen LogP contribution in [-0.4, -0.2) is 25.3 Å². The molecule has 0 aliphatic heterocycles. The molecule has 0 bridgehead atoms. The second-order valence-electron chi connectivity index (χ2n) is 4.56. The van der Waals surface area contributed by atoms with Crippen molar-refractivity contribution in [1.82, 2.24) is 4.31 Å². The van der Waals surface area contributed by atoms with E-state index < -0.39 is 10.0 Å². The van der Waals surface area contributed by atoms with E-state index in [4.69, 9.17) is 0 Å². The van der Waals surface area contributed by atoms with Crippen LogP contribution in [0.3, 0.4) is 0 Å². The van der Waals surface area contributed by atoms with Gasteiger partial charge < -0.3 is 0 Å². The van der Waals surface area contributed by atoms with E-state index in [9.17, 15) is 8.42 Å². The van der Waals surface area contributed by atoms with Gasteiger partial charge in [0.15, 0.2) is 0 Å². The highest BCUT2D eigenvalue weighted by Crippen LogP contribution is 2.11. The molecular formula is C14H21NO2S. The summed E-state index contributed by atoms with van der Waals surface area (Å²) in [6.07, 6.45) is 1.64. The summed E-state index contributed by atoms with van der Waals surface area (Å²) in [6, 6.07) is 7.72. The van der Waals surface area contributed by atoms with Crippen LogP contribution in [0.15, 0.2) is 29.7 Å². The molecule has 0 atom stereocenters. The maximum absolute atomic E-state index is 12.1. The summed E-state index contributed by atoms with van der Waals surface area (Å²) in [4.78, 5) is 0. The van der Waals surface area contributed by atoms with Gasteiger partial charge in [-0.05, 0) is 32.4 Å². The zero-order valence-electron chi connectivity index (χ0n) is 11.4. The summed E-state index contributed by atoms with van der Waals surface area (Å²) < 4.78 is 25.6. The Morgan fingerprint density at radius 1 is 1.22 bits per heavy atom. The van der Waals surface area contributed by atoms with Crippen molar-refractivity contribution in [3.63, 3.8) is 0 Å². The van der Waals surface area contributed by atoms with E-state index >= 15 is 0 Å². The van der Waals surface area contributed by atoms with Gasteiger partial charge in [-0.2, -0.15) is 4.31 Å². The molecule has 0 radical (unpaired) electrons. The predicted molar refractivity (Wildman–Crippen MR) is 76.6 cm³/mol. The van der Waals surface area contributed by atoms with Gasteiger partial charge in [-0.1, -0.05) is 36.8 Å². The van der Waals surface area contributed by atoms with Crippen molar-refractivity contribution in [2.24, 2.45) is 0 Å². The molecule has 1 aromatic carbocycles. The summed E-state index contributed by atoms with van der Waals surface area (Å²) in [6.45, 7) is 8.08. The summed E-state index contributed by atoms with van der Waals surface area (Å²) in [5, 5.41) is 1.28. The molecular weight excluding hydrogens is 246 g/mol. The van der Waals surface area contributed by atoms with E-state index in [1.54, 1.807) is 6.08 Å². The molecule has 4 heteroatoms. The normalized spacial score (nSPS) is 12.8.